The van der Waals surface area contributed by atoms with E-state index in [1.54, 1.807) is 42.1 Å². The van der Waals surface area contributed by atoms with Crippen LogP contribution in [-0.2, 0) is 14.4 Å². The van der Waals surface area contributed by atoms with Crippen LogP contribution >= 0.6 is 50.6 Å². The second kappa shape index (κ2) is 11.4. The van der Waals surface area contributed by atoms with E-state index in [0.29, 0.717) is 22.1 Å². The monoisotopic (exact) mass is 739 g/mol. The predicted molar refractivity (Wildman–Crippen MR) is 177 cm³/mol. The van der Waals surface area contributed by atoms with E-state index < -0.39 is 23.6 Å². The minimum atomic E-state index is -0.465. The summed E-state index contributed by atoms with van der Waals surface area (Å²) in [6, 6.07) is 17.8. The van der Waals surface area contributed by atoms with Crippen LogP contribution in [0.5, 0.6) is 5.75 Å². The molecular weight excluding hydrogens is 717 g/mol. The molecule has 2 aliphatic carbocycles. The van der Waals surface area contributed by atoms with Crippen molar-refractivity contribution in [1.29, 1.82) is 0 Å². The number of carbonyl (C=O) groups is 3. The summed E-state index contributed by atoms with van der Waals surface area (Å²) < 4.78 is 20.2. The van der Waals surface area contributed by atoms with Crippen molar-refractivity contribution in [3.05, 3.63) is 102 Å². The molecule has 4 aromatic rings. The fourth-order valence-corrected chi connectivity index (χ4v) is 11.4. The number of thiazole rings is 1. The average molecular weight is 741 g/mol. The second-order valence-corrected chi connectivity index (χ2v) is 15.5. The highest BCUT2D eigenvalue weighted by molar-refractivity contribution is 9.10. The van der Waals surface area contributed by atoms with Gasteiger partial charge in [-0.2, -0.15) is 0 Å². The smallest absolute Gasteiger partial charge is 0.305 e. The zero-order valence-corrected chi connectivity index (χ0v) is 27.7. The van der Waals surface area contributed by atoms with Crippen LogP contribution in [0.1, 0.15) is 22.8 Å². The number of aromatic nitrogens is 1. The van der Waals surface area contributed by atoms with Crippen molar-refractivity contribution in [2.75, 3.05) is 16.8 Å². The van der Waals surface area contributed by atoms with E-state index in [0.717, 1.165) is 37.7 Å². The molecule has 4 aliphatic rings. The molecule has 0 spiro atoms. The van der Waals surface area contributed by atoms with Crippen molar-refractivity contribution in [1.82, 2.24) is 4.98 Å². The summed E-state index contributed by atoms with van der Waals surface area (Å²) in [4.78, 5) is 58.4. The number of ether oxygens (including phenoxy) is 1. The molecule has 0 unspecified atom stereocenters. The van der Waals surface area contributed by atoms with Crippen molar-refractivity contribution in [2.45, 2.75) is 22.6 Å². The van der Waals surface area contributed by atoms with Gasteiger partial charge in [-0.1, -0.05) is 38.9 Å². The van der Waals surface area contributed by atoms with Gasteiger partial charge in [0, 0.05) is 36.8 Å². The summed E-state index contributed by atoms with van der Waals surface area (Å²) in [5.74, 6) is -2.09. The quantitative estimate of drug-likeness (QED) is 0.214. The summed E-state index contributed by atoms with van der Waals surface area (Å²) >= 11 is 12.4. The lowest BCUT2D eigenvalue weighted by Gasteiger charge is -2.43. The number of imide groups is 1. The van der Waals surface area contributed by atoms with Crippen LogP contribution in [0.25, 0.3) is 0 Å². The first-order valence-corrected chi connectivity index (χ1v) is 17.6. The Morgan fingerprint density at radius 1 is 1.02 bits per heavy atom. The number of carbonyl (C=O) groups excluding carboxylic acids is 3. The van der Waals surface area contributed by atoms with Gasteiger partial charge in [0.2, 0.25) is 11.8 Å². The molecule has 13 heteroatoms. The van der Waals surface area contributed by atoms with Gasteiger partial charge < -0.3 is 15.0 Å². The molecule has 1 aromatic heterocycles. The van der Waals surface area contributed by atoms with Crippen molar-refractivity contribution < 1.29 is 23.5 Å². The second-order valence-electron chi connectivity index (χ2n) is 12.0. The zero-order valence-electron chi connectivity index (χ0n) is 23.7. The van der Waals surface area contributed by atoms with Gasteiger partial charge in [0.1, 0.15) is 11.6 Å². The number of hydrogen-bond acceptors (Lipinski definition) is 7. The third-order valence-electron chi connectivity index (χ3n) is 9.60. The Balaban J connectivity index is 1.14. The summed E-state index contributed by atoms with van der Waals surface area (Å²) in [5.41, 5.74) is 1.76. The molecule has 0 radical (unpaired) electrons. The van der Waals surface area contributed by atoms with E-state index >= 15 is 0 Å². The number of anilines is 2. The van der Waals surface area contributed by atoms with E-state index in [1.807, 2.05) is 12.1 Å². The number of nitrogens with one attached hydrogen (secondary N) is 2. The molecule has 2 saturated carbocycles. The van der Waals surface area contributed by atoms with Crippen LogP contribution in [0.4, 0.5) is 15.8 Å². The van der Waals surface area contributed by atoms with Crippen molar-refractivity contribution >= 4 is 79.7 Å². The minimum absolute atomic E-state index is 0.00970. The standard InChI is InChI=1S/C33H24BrClFN3O5S2/c34-14-1-10-22(44-13-23(40)37-17-6-4-16(36)5-7-17)19(11-14)24-25-20-12-21(28(25)45-30-29(24)46-33(43)38-30)27-26(20)31(41)39(32(27)42)18-8-2-15(35)3-9-18/h1-11,20-21,24-28H,12-13H2,(H,37,40)(H,38,43)/t20-,21-,24+,25-,26+,27+,28-/m1/s1. The summed E-state index contributed by atoms with van der Waals surface area (Å²) in [6.45, 7) is -0.294. The summed E-state index contributed by atoms with van der Waals surface area (Å²) in [7, 11) is 0. The predicted octanol–water partition coefficient (Wildman–Crippen LogP) is 6.69. The van der Waals surface area contributed by atoms with Crippen molar-refractivity contribution in [3.8, 4) is 5.75 Å². The average Bonchev–Trinajstić information content (AvgIpc) is 3.77. The van der Waals surface area contributed by atoms with Gasteiger partial charge in [-0.3, -0.25) is 24.1 Å². The molecule has 8 rings (SSSR count). The van der Waals surface area contributed by atoms with Crippen LogP contribution in [0.3, 0.4) is 0 Å². The first kappa shape index (κ1) is 29.9. The molecule has 2 bridgehead atoms. The Morgan fingerprint density at radius 2 is 1.74 bits per heavy atom. The molecule has 3 heterocycles. The van der Waals surface area contributed by atoms with E-state index in [9.17, 15) is 23.6 Å². The van der Waals surface area contributed by atoms with Crippen LogP contribution in [0, 0.1) is 35.4 Å². The zero-order chi connectivity index (χ0) is 31.9. The normalized spacial score (nSPS) is 27.4. The van der Waals surface area contributed by atoms with Gasteiger partial charge in [-0.05, 0) is 90.9 Å². The molecule has 3 fully saturated rings. The lowest BCUT2D eigenvalue weighted by Crippen LogP contribution is -2.42. The van der Waals surface area contributed by atoms with Crippen LogP contribution in [0.15, 0.2) is 81.0 Å². The third kappa shape index (κ3) is 4.83. The van der Waals surface area contributed by atoms with Crippen LogP contribution in [-0.4, -0.2) is 34.6 Å². The first-order valence-electron chi connectivity index (χ1n) is 14.7. The highest BCUT2D eigenvalue weighted by Gasteiger charge is 2.69. The molecule has 3 amide bonds. The number of rotatable bonds is 6. The molecule has 46 heavy (non-hydrogen) atoms. The number of H-pyrrole nitrogens is 1. The number of fused-ring (bicyclic) bond motifs is 9. The number of nitrogens with zero attached hydrogens (tertiary/aromatic N) is 1. The Kier molecular flexibility index (Phi) is 7.39. The van der Waals surface area contributed by atoms with Crippen LogP contribution < -0.4 is 19.8 Å². The Morgan fingerprint density at radius 3 is 2.48 bits per heavy atom. The van der Waals surface area contributed by atoms with E-state index in [-0.39, 0.29) is 52.2 Å². The lowest BCUT2D eigenvalue weighted by molar-refractivity contribution is -0.123. The Labute approximate surface area is 283 Å². The Hall–Kier alpha value is -3.45. The fraction of sp³-hybridized carbons (Fsp3) is 0.273. The van der Waals surface area contributed by atoms with Gasteiger partial charge in [-0.25, -0.2) is 4.39 Å². The number of aromatic amines is 1. The number of benzene rings is 3. The number of amides is 3. The van der Waals surface area contributed by atoms with Gasteiger partial charge in [0.05, 0.1) is 22.5 Å². The maximum Gasteiger partial charge on any atom is 0.305 e. The summed E-state index contributed by atoms with van der Waals surface area (Å²) in [6.07, 6.45) is 0.740. The molecule has 234 valence electrons. The van der Waals surface area contributed by atoms with Gasteiger partial charge in [-0.15, -0.1) is 11.8 Å². The maximum atomic E-state index is 14.0. The van der Waals surface area contributed by atoms with E-state index in [1.165, 1.54) is 29.2 Å². The van der Waals surface area contributed by atoms with Crippen LogP contribution in [0.2, 0.25) is 5.02 Å². The van der Waals surface area contributed by atoms with Gasteiger partial charge in [0.15, 0.2) is 6.61 Å². The Bertz CT molecular complexity index is 1970. The maximum absolute atomic E-state index is 14.0. The van der Waals surface area contributed by atoms with Crippen molar-refractivity contribution in [2.24, 2.45) is 29.6 Å². The molecular formula is C33H24BrClFN3O5S2. The highest BCUT2D eigenvalue weighted by Crippen LogP contribution is 2.69. The van der Waals surface area contributed by atoms with Crippen molar-refractivity contribution in [3.63, 3.8) is 0 Å². The largest absolute Gasteiger partial charge is 0.483 e. The first-order chi connectivity index (χ1) is 22.2. The molecule has 3 aromatic carbocycles. The van der Waals surface area contributed by atoms with E-state index in [4.69, 9.17) is 16.3 Å². The minimum Gasteiger partial charge on any atom is -0.483 e. The lowest BCUT2D eigenvalue weighted by atomic mass is 9.68. The molecule has 2 aliphatic heterocycles. The fourth-order valence-electron chi connectivity index (χ4n) is 7.98. The number of hydrogen-bond donors (Lipinski definition) is 2. The topological polar surface area (TPSA) is 109 Å². The van der Waals surface area contributed by atoms with Gasteiger partial charge >= 0.3 is 4.87 Å². The molecule has 7 atom stereocenters. The highest BCUT2D eigenvalue weighted by atomic mass is 79.9. The molecule has 8 nitrogen and oxygen atoms in total. The SMILES string of the molecule is O=C(COc1ccc(Br)cc1[C@@H]1c2sc(=O)[nH]c2S[C@@H]2[C@@H]3C[C@@H]([C@@H]4C(=O)N(c5ccc(Cl)cc5)C(=O)[C@@H]34)[C@H]12)Nc1ccc(F)cc1. The van der Waals surface area contributed by atoms with Gasteiger partial charge in [0.25, 0.3) is 5.91 Å². The third-order valence-corrected chi connectivity index (χ3v) is 12.9. The molecule has 2 N–H and O–H groups in total. The summed E-state index contributed by atoms with van der Waals surface area (Å²) in [5, 5.41) is 4.00. The van der Waals surface area contributed by atoms with E-state index in [2.05, 4.69) is 26.2 Å². The number of halogens is 3. The molecule has 1 saturated heterocycles. The number of thioether (sulfide) groups is 1.